The van der Waals surface area contributed by atoms with Gasteiger partial charge in [-0.05, 0) is 55.3 Å². The molecule has 182 valence electrons. The Bertz CT molecular complexity index is 1440. The zero-order chi connectivity index (χ0) is 25.1. The number of rotatable bonds is 7. The van der Waals surface area contributed by atoms with Crippen LogP contribution in [0.5, 0.6) is 0 Å². The zero-order valence-corrected chi connectivity index (χ0v) is 21.2. The molecule has 0 radical (unpaired) electrons. The number of nitrogens with zero attached hydrogens (tertiary/aromatic N) is 4. The van der Waals surface area contributed by atoms with Crippen LogP contribution >= 0.6 is 23.4 Å². The van der Waals surface area contributed by atoms with Crippen LogP contribution in [-0.4, -0.2) is 38.9 Å². The summed E-state index contributed by atoms with van der Waals surface area (Å²) >= 11 is 7.57. The minimum Gasteiger partial charge on any atom is -0.345 e. The molecule has 1 aliphatic heterocycles. The Balaban J connectivity index is 1.35. The topological polar surface area (TPSA) is 80.1 Å². The Kier molecular flexibility index (Phi) is 7.06. The second-order valence-electron chi connectivity index (χ2n) is 8.48. The minimum absolute atomic E-state index is 0.0138. The molecule has 0 spiro atoms. The molecule has 0 saturated carbocycles. The number of benzene rings is 3. The quantitative estimate of drug-likeness (QED) is 0.355. The first kappa shape index (κ1) is 24.1. The van der Waals surface area contributed by atoms with E-state index in [-0.39, 0.29) is 24.1 Å². The van der Waals surface area contributed by atoms with Gasteiger partial charge in [-0.1, -0.05) is 65.3 Å². The van der Waals surface area contributed by atoms with Crippen LogP contribution in [0.15, 0.2) is 78.0 Å². The monoisotopic (exact) mass is 517 g/mol. The Morgan fingerprint density at radius 1 is 1.03 bits per heavy atom. The summed E-state index contributed by atoms with van der Waals surface area (Å²) < 4.78 is 1.83. The average molecular weight is 518 g/mol. The normalized spacial score (nSPS) is 12.4. The molecule has 1 aliphatic rings. The third-order valence-corrected chi connectivity index (χ3v) is 7.12. The number of halogens is 1. The van der Waals surface area contributed by atoms with Crippen molar-refractivity contribution in [3.8, 4) is 5.69 Å². The second kappa shape index (κ2) is 10.6. The summed E-state index contributed by atoms with van der Waals surface area (Å²) in [6.07, 6.45) is 0.857. The van der Waals surface area contributed by atoms with E-state index < -0.39 is 0 Å². The third kappa shape index (κ3) is 5.15. The van der Waals surface area contributed by atoms with Crippen molar-refractivity contribution in [1.82, 2.24) is 20.1 Å². The fourth-order valence-electron chi connectivity index (χ4n) is 4.23. The number of para-hydroxylation sites is 1. The first-order valence-electron chi connectivity index (χ1n) is 11.6. The SMILES string of the molecule is Cc1cccc(C(=O)NCc2nnc(SCC(=O)N3CCc4ccccc43)n2-c2cccc(Cl)c2)c1. The van der Waals surface area contributed by atoms with Gasteiger partial charge in [-0.3, -0.25) is 14.2 Å². The van der Waals surface area contributed by atoms with Crippen LogP contribution in [0.2, 0.25) is 5.02 Å². The van der Waals surface area contributed by atoms with E-state index in [2.05, 4.69) is 21.6 Å². The summed E-state index contributed by atoms with van der Waals surface area (Å²) in [5.74, 6) is 0.568. The van der Waals surface area contributed by atoms with Gasteiger partial charge >= 0.3 is 0 Å². The van der Waals surface area contributed by atoms with Gasteiger partial charge in [0.1, 0.15) is 0 Å². The smallest absolute Gasteiger partial charge is 0.251 e. The fourth-order valence-corrected chi connectivity index (χ4v) is 5.26. The van der Waals surface area contributed by atoms with Gasteiger partial charge in [0, 0.05) is 22.8 Å². The second-order valence-corrected chi connectivity index (χ2v) is 9.86. The Labute approximate surface area is 218 Å². The number of aromatic nitrogens is 3. The maximum Gasteiger partial charge on any atom is 0.251 e. The molecule has 0 fully saturated rings. The van der Waals surface area contributed by atoms with Crippen LogP contribution in [0.1, 0.15) is 27.3 Å². The van der Waals surface area contributed by atoms with Crippen LogP contribution in [0.25, 0.3) is 5.69 Å². The highest BCUT2D eigenvalue weighted by molar-refractivity contribution is 7.99. The van der Waals surface area contributed by atoms with Crippen LogP contribution < -0.4 is 10.2 Å². The van der Waals surface area contributed by atoms with E-state index in [1.807, 2.05) is 64.9 Å². The maximum absolute atomic E-state index is 13.1. The van der Waals surface area contributed by atoms with Gasteiger partial charge in [-0.15, -0.1) is 10.2 Å². The Morgan fingerprint density at radius 3 is 2.69 bits per heavy atom. The largest absolute Gasteiger partial charge is 0.345 e. The number of amides is 2. The van der Waals surface area contributed by atoms with Crippen molar-refractivity contribution in [3.63, 3.8) is 0 Å². The van der Waals surface area contributed by atoms with Crippen LogP contribution in [0.3, 0.4) is 0 Å². The summed E-state index contributed by atoms with van der Waals surface area (Å²) in [4.78, 5) is 27.6. The summed E-state index contributed by atoms with van der Waals surface area (Å²) in [5, 5.41) is 12.7. The van der Waals surface area contributed by atoms with E-state index in [9.17, 15) is 9.59 Å². The van der Waals surface area contributed by atoms with E-state index in [1.54, 1.807) is 18.2 Å². The molecule has 1 aromatic heterocycles. The van der Waals surface area contributed by atoms with E-state index in [1.165, 1.54) is 17.3 Å². The van der Waals surface area contributed by atoms with Gasteiger partial charge < -0.3 is 10.2 Å². The summed E-state index contributed by atoms with van der Waals surface area (Å²) in [6.45, 7) is 2.79. The molecular formula is C27H24ClN5O2S. The van der Waals surface area contributed by atoms with E-state index in [4.69, 9.17) is 11.6 Å². The fraction of sp³-hybridized carbons (Fsp3) is 0.185. The highest BCUT2D eigenvalue weighted by Gasteiger charge is 2.25. The van der Waals surface area contributed by atoms with Crippen molar-refractivity contribution >= 4 is 40.9 Å². The zero-order valence-electron chi connectivity index (χ0n) is 19.6. The maximum atomic E-state index is 13.1. The molecule has 0 bridgehead atoms. The lowest BCUT2D eigenvalue weighted by Gasteiger charge is -2.17. The number of hydrogen-bond donors (Lipinski definition) is 1. The highest BCUT2D eigenvalue weighted by atomic mass is 35.5. The molecule has 0 atom stereocenters. The number of carbonyl (C=O) groups excluding carboxylic acids is 2. The molecule has 0 saturated heterocycles. The van der Waals surface area contributed by atoms with Gasteiger partial charge in [-0.25, -0.2) is 0 Å². The first-order valence-corrected chi connectivity index (χ1v) is 12.9. The van der Waals surface area contributed by atoms with Crippen molar-refractivity contribution in [2.24, 2.45) is 0 Å². The number of nitrogens with one attached hydrogen (secondary N) is 1. The lowest BCUT2D eigenvalue weighted by Crippen LogP contribution is -2.30. The summed E-state index contributed by atoms with van der Waals surface area (Å²) in [6, 6.07) is 22.7. The Hall–Kier alpha value is -3.62. The van der Waals surface area contributed by atoms with Crippen LogP contribution in [-0.2, 0) is 17.8 Å². The van der Waals surface area contributed by atoms with Crippen molar-refractivity contribution in [3.05, 3.63) is 100 Å². The number of aryl methyl sites for hydroxylation is 1. The van der Waals surface area contributed by atoms with Gasteiger partial charge in [0.2, 0.25) is 5.91 Å². The van der Waals surface area contributed by atoms with Crippen molar-refractivity contribution in [2.45, 2.75) is 25.0 Å². The molecule has 0 unspecified atom stereocenters. The number of thioether (sulfide) groups is 1. The third-order valence-electron chi connectivity index (χ3n) is 5.97. The predicted octanol–water partition coefficient (Wildman–Crippen LogP) is 4.84. The molecule has 36 heavy (non-hydrogen) atoms. The molecule has 5 rings (SSSR count). The van der Waals surface area contributed by atoms with Gasteiger partial charge in [0.15, 0.2) is 11.0 Å². The van der Waals surface area contributed by atoms with Crippen molar-refractivity contribution in [1.29, 1.82) is 0 Å². The number of anilines is 1. The van der Waals surface area contributed by atoms with E-state index in [0.717, 1.165) is 23.4 Å². The lowest BCUT2D eigenvalue weighted by molar-refractivity contribution is -0.116. The summed E-state index contributed by atoms with van der Waals surface area (Å²) in [5.41, 5.74) is 4.50. The average Bonchev–Trinajstić information content (AvgIpc) is 3.50. The molecule has 4 aromatic rings. The number of hydrogen-bond acceptors (Lipinski definition) is 5. The highest BCUT2D eigenvalue weighted by Crippen LogP contribution is 2.29. The van der Waals surface area contributed by atoms with Crippen molar-refractivity contribution < 1.29 is 9.59 Å². The molecule has 9 heteroatoms. The van der Waals surface area contributed by atoms with Crippen LogP contribution in [0, 0.1) is 6.92 Å². The summed E-state index contributed by atoms with van der Waals surface area (Å²) in [7, 11) is 0. The first-order chi connectivity index (χ1) is 17.5. The molecule has 2 heterocycles. The molecule has 1 N–H and O–H groups in total. The molecule has 2 amide bonds. The van der Waals surface area contributed by atoms with Gasteiger partial charge in [0.05, 0.1) is 18.0 Å². The standard InChI is InChI=1S/C27H24ClN5O2S/c1-18-6-4-8-20(14-18)26(35)29-16-24-30-31-27(33(24)22-10-5-9-21(28)15-22)36-17-25(34)32-13-12-19-7-2-3-11-23(19)32/h2-11,14-15H,12-13,16-17H2,1H3,(H,29,35). The molecular weight excluding hydrogens is 494 g/mol. The molecule has 3 aromatic carbocycles. The van der Waals surface area contributed by atoms with Crippen molar-refractivity contribution in [2.75, 3.05) is 17.2 Å². The molecule has 0 aliphatic carbocycles. The van der Waals surface area contributed by atoms with Gasteiger partial charge in [0.25, 0.3) is 5.91 Å². The van der Waals surface area contributed by atoms with Crippen LogP contribution in [0.4, 0.5) is 5.69 Å². The van der Waals surface area contributed by atoms with Gasteiger partial charge in [-0.2, -0.15) is 0 Å². The Morgan fingerprint density at radius 2 is 1.86 bits per heavy atom. The number of carbonyl (C=O) groups is 2. The predicted molar refractivity (Wildman–Crippen MR) is 142 cm³/mol. The lowest BCUT2D eigenvalue weighted by atomic mass is 10.1. The molecule has 7 nitrogen and oxygen atoms in total. The minimum atomic E-state index is -0.198. The van der Waals surface area contributed by atoms with E-state index in [0.29, 0.717) is 28.1 Å². The number of fused-ring (bicyclic) bond motifs is 1. The van der Waals surface area contributed by atoms with E-state index >= 15 is 0 Å².